The molecule has 0 radical (unpaired) electrons. The molecule has 0 bridgehead atoms. The lowest BCUT2D eigenvalue weighted by atomic mass is 9.34. The van der Waals surface area contributed by atoms with Gasteiger partial charge in [-0.25, -0.2) is 0 Å². The van der Waals surface area contributed by atoms with Crippen LogP contribution in [0.2, 0.25) is 0 Å². The summed E-state index contributed by atoms with van der Waals surface area (Å²) in [5.41, 5.74) is -1.65. The molecular weight excluding hydrogens is 490 g/mol. The summed E-state index contributed by atoms with van der Waals surface area (Å²) in [4.78, 5) is 41.3. The van der Waals surface area contributed by atoms with Gasteiger partial charge in [-0.05, 0) is 85.5 Å². The third-order valence-corrected chi connectivity index (χ3v) is 12.9. The van der Waals surface area contributed by atoms with Gasteiger partial charge in [0.2, 0.25) is 0 Å². The predicted molar refractivity (Wildman–Crippen MR) is 147 cm³/mol. The summed E-state index contributed by atoms with van der Waals surface area (Å²) in [6, 6.07) is 2.15. The molecule has 1 unspecified atom stereocenters. The summed E-state index contributed by atoms with van der Waals surface area (Å²) in [5.74, 6) is -0.761. The fraction of sp³-hybridized carbons (Fsp3) is 0.758. The number of hydrogen-bond donors (Lipinski definition) is 1. The van der Waals surface area contributed by atoms with Crippen LogP contribution in [0.5, 0.6) is 0 Å². The minimum Gasteiger partial charge on any atom is -0.469 e. The molecule has 5 aliphatic carbocycles. The van der Waals surface area contributed by atoms with Crippen molar-refractivity contribution in [3.05, 3.63) is 23.3 Å². The summed E-state index contributed by atoms with van der Waals surface area (Å²) in [7, 11) is 1.47. The molecule has 0 amide bonds. The van der Waals surface area contributed by atoms with Gasteiger partial charge in [-0.1, -0.05) is 53.2 Å². The Morgan fingerprint density at radius 1 is 1.08 bits per heavy atom. The third-order valence-electron chi connectivity index (χ3n) is 12.9. The first-order valence-electron chi connectivity index (χ1n) is 14.7. The van der Waals surface area contributed by atoms with Crippen LogP contribution in [0.25, 0.3) is 0 Å². The van der Waals surface area contributed by atoms with Crippen molar-refractivity contribution in [2.75, 3.05) is 13.7 Å². The van der Waals surface area contributed by atoms with Gasteiger partial charge in [0.15, 0.2) is 11.6 Å². The van der Waals surface area contributed by atoms with Crippen molar-refractivity contribution in [1.82, 2.24) is 0 Å². The van der Waals surface area contributed by atoms with Crippen LogP contribution in [0.4, 0.5) is 0 Å². The SMILES string of the molecule is COC(=O)[C@]12CCC(C)(C)C[C@H]1[C@H]1C(=O)C=C3[C@@]4(C)C=C(C#N)C(=O)[C@@](C)(CCO)C4CC[C@@]3(C)[C@]1(C)CC2. The molecule has 6 heteroatoms. The van der Waals surface area contributed by atoms with Crippen LogP contribution in [0.3, 0.4) is 0 Å². The maximum absolute atomic E-state index is 14.4. The van der Waals surface area contributed by atoms with Crippen LogP contribution in [-0.4, -0.2) is 36.4 Å². The zero-order valence-electron chi connectivity index (χ0n) is 24.8. The minimum absolute atomic E-state index is 0.0372. The number of nitrogens with zero attached hydrogens (tertiary/aromatic N) is 1. The van der Waals surface area contributed by atoms with Gasteiger partial charge in [0.25, 0.3) is 0 Å². The smallest absolute Gasteiger partial charge is 0.312 e. The van der Waals surface area contributed by atoms with Crippen molar-refractivity contribution in [1.29, 1.82) is 5.26 Å². The number of ether oxygens (including phenoxy) is 1. The topological polar surface area (TPSA) is 104 Å². The summed E-state index contributed by atoms with van der Waals surface area (Å²) in [6.45, 7) is 12.9. The number of hydrogen-bond acceptors (Lipinski definition) is 6. The van der Waals surface area contributed by atoms with Crippen molar-refractivity contribution in [3.8, 4) is 6.07 Å². The second-order valence-corrected chi connectivity index (χ2v) is 15.1. The molecule has 0 aromatic heterocycles. The normalized spacial score (nSPS) is 46.4. The first-order valence-corrected chi connectivity index (χ1v) is 14.7. The zero-order chi connectivity index (χ0) is 28.8. The molecule has 39 heavy (non-hydrogen) atoms. The molecule has 3 fully saturated rings. The van der Waals surface area contributed by atoms with Gasteiger partial charge in [-0.3, -0.25) is 14.4 Å². The Morgan fingerprint density at radius 2 is 1.74 bits per heavy atom. The largest absolute Gasteiger partial charge is 0.469 e. The summed E-state index contributed by atoms with van der Waals surface area (Å²) < 4.78 is 5.41. The quantitative estimate of drug-likeness (QED) is 0.462. The number of methoxy groups -OCH3 is 1. The Bertz CT molecular complexity index is 1240. The van der Waals surface area contributed by atoms with Gasteiger partial charge in [-0.15, -0.1) is 0 Å². The fourth-order valence-electron chi connectivity index (χ4n) is 10.5. The van der Waals surface area contributed by atoms with Gasteiger partial charge in [0.05, 0.1) is 18.1 Å². The molecule has 0 heterocycles. The number of aliphatic hydroxyl groups excluding tert-OH is 1. The average molecular weight is 536 g/mol. The molecule has 3 saturated carbocycles. The van der Waals surface area contributed by atoms with E-state index >= 15 is 0 Å². The average Bonchev–Trinajstić information content (AvgIpc) is 2.87. The highest BCUT2D eigenvalue weighted by Gasteiger charge is 2.71. The van der Waals surface area contributed by atoms with E-state index < -0.39 is 16.2 Å². The maximum Gasteiger partial charge on any atom is 0.312 e. The second kappa shape index (κ2) is 8.62. The van der Waals surface area contributed by atoms with E-state index in [0.717, 1.165) is 44.1 Å². The van der Waals surface area contributed by atoms with E-state index in [9.17, 15) is 24.8 Å². The van der Waals surface area contributed by atoms with E-state index in [1.54, 1.807) is 0 Å². The van der Waals surface area contributed by atoms with E-state index in [-0.39, 0.29) is 63.7 Å². The molecule has 0 aromatic rings. The van der Waals surface area contributed by atoms with Crippen molar-refractivity contribution >= 4 is 17.5 Å². The predicted octanol–water partition coefficient (Wildman–Crippen LogP) is 5.74. The van der Waals surface area contributed by atoms with E-state index in [0.29, 0.717) is 12.8 Å². The van der Waals surface area contributed by atoms with Crippen LogP contribution in [0.15, 0.2) is 23.3 Å². The van der Waals surface area contributed by atoms with Gasteiger partial charge >= 0.3 is 5.97 Å². The number of carbonyl (C=O) groups excluding carboxylic acids is 3. The van der Waals surface area contributed by atoms with Gasteiger partial charge in [-0.2, -0.15) is 5.26 Å². The van der Waals surface area contributed by atoms with Crippen molar-refractivity contribution in [2.24, 2.45) is 50.2 Å². The summed E-state index contributed by atoms with van der Waals surface area (Å²) >= 11 is 0. The number of esters is 1. The molecule has 0 saturated heterocycles. The molecule has 0 aromatic carbocycles. The van der Waals surface area contributed by atoms with E-state index in [1.807, 2.05) is 19.1 Å². The molecule has 6 nitrogen and oxygen atoms in total. The second-order valence-electron chi connectivity index (χ2n) is 15.1. The van der Waals surface area contributed by atoms with E-state index in [4.69, 9.17) is 4.74 Å². The Morgan fingerprint density at radius 3 is 2.36 bits per heavy atom. The number of allylic oxidation sites excluding steroid dienone is 4. The monoisotopic (exact) mass is 535 g/mol. The molecule has 5 aliphatic rings. The number of ketones is 2. The number of aliphatic hydroxyl groups is 1. The van der Waals surface area contributed by atoms with Crippen LogP contribution in [0.1, 0.15) is 92.9 Å². The highest BCUT2D eigenvalue weighted by molar-refractivity contribution is 6.05. The first-order chi connectivity index (χ1) is 18.1. The Hall–Kier alpha value is -2.26. The van der Waals surface area contributed by atoms with Crippen LogP contribution >= 0.6 is 0 Å². The Balaban J connectivity index is 1.70. The summed E-state index contributed by atoms with van der Waals surface area (Å²) in [5, 5.41) is 19.9. The van der Waals surface area contributed by atoms with Crippen LogP contribution < -0.4 is 0 Å². The molecular formula is C33H45NO5. The number of rotatable bonds is 3. The minimum atomic E-state index is -0.869. The van der Waals surface area contributed by atoms with Crippen molar-refractivity contribution in [3.63, 3.8) is 0 Å². The van der Waals surface area contributed by atoms with E-state index in [2.05, 4.69) is 40.7 Å². The highest BCUT2D eigenvalue weighted by Crippen LogP contribution is 2.74. The zero-order valence-corrected chi connectivity index (χ0v) is 24.8. The summed E-state index contributed by atoms with van der Waals surface area (Å²) in [6.07, 6.45) is 9.56. The molecule has 1 N–H and O–H groups in total. The molecule has 212 valence electrons. The van der Waals surface area contributed by atoms with Crippen LogP contribution in [0, 0.1) is 61.6 Å². The van der Waals surface area contributed by atoms with Crippen molar-refractivity contribution < 1.29 is 24.2 Å². The standard InChI is InChI=1S/C33H45NO5/c1-28(2)10-12-33(27(38)39-7)13-11-32(6)25(21(33)18-28)22(36)16-24-30(4)17-20(19-34)26(37)29(3,14-15-35)23(30)8-9-31(24,32)5/h16-17,21,23,25,35H,8-15,18H2,1-7H3/t21-,23?,25-,29-,30-,31+,32+,33-/m0/s1. The first kappa shape index (κ1) is 28.3. The Labute approximate surface area is 233 Å². The van der Waals surface area contributed by atoms with Gasteiger partial charge in [0.1, 0.15) is 6.07 Å². The molecule has 0 aliphatic heterocycles. The lowest BCUT2D eigenvalue weighted by Crippen LogP contribution is -2.66. The lowest BCUT2D eigenvalue weighted by molar-refractivity contribution is -0.191. The number of Topliss-reactive ketones (excluding diaryl/α,β-unsaturated/α-hetero) is 1. The lowest BCUT2D eigenvalue weighted by Gasteiger charge is -2.69. The Kier molecular flexibility index (Phi) is 6.25. The number of fused-ring (bicyclic) bond motifs is 7. The number of nitriles is 1. The van der Waals surface area contributed by atoms with Gasteiger partial charge < -0.3 is 9.84 Å². The molecule has 0 spiro atoms. The fourth-order valence-corrected chi connectivity index (χ4v) is 10.5. The molecule has 5 rings (SSSR count). The third kappa shape index (κ3) is 3.44. The van der Waals surface area contributed by atoms with E-state index in [1.165, 1.54) is 7.11 Å². The van der Waals surface area contributed by atoms with Gasteiger partial charge in [0, 0.05) is 23.4 Å². The highest BCUT2D eigenvalue weighted by atomic mass is 16.5. The van der Waals surface area contributed by atoms with Crippen molar-refractivity contribution in [2.45, 2.75) is 92.9 Å². The maximum atomic E-state index is 14.4. The number of carbonyl (C=O) groups is 3. The molecule has 8 atom stereocenters. The van der Waals surface area contributed by atoms with Crippen LogP contribution in [-0.2, 0) is 19.1 Å².